The van der Waals surface area contributed by atoms with Crippen molar-refractivity contribution < 1.29 is 9.53 Å². The number of nitrogens with zero attached hydrogens (tertiary/aromatic N) is 4. The van der Waals surface area contributed by atoms with Crippen molar-refractivity contribution >= 4 is 40.9 Å². The SMILES string of the molecule is CCOC(=O)c1c(Cl)cccc1C1N=C(NC#N)Nc2nc(N)c(C#N)c(N)c21. The number of hydrogen-bond donors (Lipinski definition) is 4. The Hall–Kier alpha value is -4.02. The molecule has 2 heterocycles. The number of ether oxygens (including phenoxy) is 1. The lowest BCUT2D eigenvalue weighted by Gasteiger charge is -2.27. The molecular weight excluding hydrogens is 396 g/mol. The number of pyridine rings is 1. The zero-order valence-electron chi connectivity index (χ0n) is 15.2. The molecule has 0 saturated heterocycles. The van der Waals surface area contributed by atoms with E-state index < -0.39 is 12.0 Å². The molecule has 11 heteroatoms. The van der Waals surface area contributed by atoms with Gasteiger partial charge in [-0.15, -0.1) is 0 Å². The maximum Gasteiger partial charge on any atom is 0.340 e. The van der Waals surface area contributed by atoms with Gasteiger partial charge in [-0.05, 0) is 18.6 Å². The number of halogens is 1. The average molecular weight is 411 g/mol. The molecule has 0 radical (unpaired) electrons. The van der Waals surface area contributed by atoms with Crippen LogP contribution in [0.1, 0.15) is 40.0 Å². The molecule has 10 nitrogen and oxygen atoms in total. The number of hydrogen-bond acceptors (Lipinski definition) is 10. The number of rotatable bonds is 3. The summed E-state index contributed by atoms with van der Waals surface area (Å²) in [5.74, 6) is -0.451. The molecule has 1 aromatic heterocycles. The van der Waals surface area contributed by atoms with Crippen molar-refractivity contribution in [3.05, 3.63) is 45.5 Å². The van der Waals surface area contributed by atoms with Crippen LogP contribution in [-0.4, -0.2) is 23.5 Å². The first-order chi connectivity index (χ1) is 13.9. The number of aliphatic imine (C=N–C) groups is 1. The Labute approximate surface area is 170 Å². The zero-order chi connectivity index (χ0) is 21.1. The number of fused-ring (bicyclic) bond motifs is 1. The van der Waals surface area contributed by atoms with Crippen LogP contribution in [0, 0.1) is 22.8 Å². The lowest BCUT2D eigenvalue weighted by atomic mass is 9.92. The lowest BCUT2D eigenvalue weighted by molar-refractivity contribution is 0.0525. The summed E-state index contributed by atoms with van der Waals surface area (Å²) < 4.78 is 5.12. The van der Waals surface area contributed by atoms with Crippen molar-refractivity contribution in [1.82, 2.24) is 10.3 Å². The Balaban J connectivity index is 2.31. The zero-order valence-corrected chi connectivity index (χ0v) is 15.9. The van der Waals surface area contributed by atoms with Crippen molar-refractivity contribution in [3.8, 4) is 12.3 Å². The minimum absolute atomic E-state index is 0.0119. The highest BCUT2D eigenvalue weighted by molar-refractivity contribution is 6.33. The van der Waals surface area contributed by atoms with Gasteiger partial charge in [-0.3, -0.25) is 5.32 Å². The van der Waals surface area contributed by atoms with Gasteiger partial charge >= 0.3 is 5.97 Å². The Morgan fingerprint density at radius 1 is 1.41 bits per heavy atom. The third-order valence-corrected chi connectivity index (χ3v) is 4.49. The van der Waals surface area contributed by atoms with Crippen LogP contribution < -0.4 is 22.1 Å². The van der Waals surface area contributed by atoms with E-state index in [0.717, 1.165) is 0 Å². The number of esters is 1. The van der Waals surface area contributed by atoms with Gasteiger partial charge in [-0.25, -0.2) is 14.8 Å². The van der Waals surface area contributed by atoms with Crippen LogP contribution in [0.4, 0.5) is 17.3 Å². The van der Waals surface area contributed by atoms with E-state index in [1.807, 2.05) is 6.07 Å². The standard InChI is InChI=1S/C18H15ClN8O2/c1-2-29-17(28)11-8(4-3-5-10(11)19)14-12-13(22)9(6-20)15(23)26-16(12)27-18(25-14)24-7-21/h3-5,14H,2H2,1H3,(H6,22,23,24,25,26,27). The predicted molar refractivity (Wildman–Crippen MR) is 107 cm³/mol. The van der Waals surface area contributed by atoms with Crippen LogP contribution in [0.2, 0.25) is 5.02 Å². The first-order valence-corrected chi connectivity index (χ1v) is 8.75. The van der Waals surface area contributed by atoms with Crippen LogP contribution in [0.15, 0.2) is 23.2 Å². The fraction of sp³-hybridized carbons (Fsp3) is 0.167. The second-order valence-electron chi connectivity index (χ2n) is 5.83. The van der Waals surface area contributed by atoms with Gasteiger partial charge in [0.1, 0.15) is 29.3 Å². The highest BCUT2D eigenvalue weighted by atomic mass is 35.5. The van der Waals surface area contributed by atoms with Gasteiger partial charge in [0.25, 0.3) is 0 Å². The van der Waals surface area contributed by atoms with Gasteiger partial charge < -0.3 is 21.5 Å². The van der Waals surface area contributed by atoms with Gasteiger partial charge in [-0.1, -0.05) is 23.7 Å². The molecule has 0 fully saturated rings. The minimum atomic E-state index is -0.902. The number of anilines is 3. The number of nitrogens with one attached hydrogen (secondary N) is 2. The van der Waals surface area contributed by atoms with Gasteiger partial charge in [0.15, 0.2) is 6.19 Å². The van der Waals surface area contributed by atoms with Gasteiger partial charge in [-0.2, -0.15) is 10.5 Å². The van der Waals surface area contributed by atoms with Gasteiger partial charge in [0.2, 0.25) is 5.96 Å². The summed E-state index contributed by atoms with van der Waals surface area (Å²) in [5.41, 5.74) is 12.9. The maximum atomic E-state index is 12.6. The van der Waals surface area contributed by atoms with Crippen LogP contribution >= 0.6 is 11.6 Å². The normalized spacial score (nSPS) is 14.5. The Bertz CT molecular complexity index is 1120. The molecule has 0 amide bonds. The molecule has 1 atom stereocenters. The number of carbonyl (C=O) groups excluding carboxylic acids is 1. The van der Waals surface area contributed by atoms with Crippen LogP contribution in [0.3, 0.4) is 0 Å². The molecule has 6 N–H and O–H groups in total. The third kappa shape index (κ3) is 3.45. The van der Waals surface area contributed by atoms with E-state index in [1.54, 1.807) is 31.3 Å². The largest absolute Gasteiger partial charge is 0.462 e. The first-order valence-electron chi connectivity index (χ1n) is 8.37. The van der Waals surface area contributed by atoms with Crippen LogP contribution in [0.25, 0.3) is 0 Å². The minimum Gasteiger partial charge on any atom is -0.462 e. The molecule has 0 aliphatic carbocycles. The van der Waals surface area contributed by atoms with Gasteiger partial charge in [0.05, 0.1) is 22.9 Å². The smallest absolute Gasteiger partial charge is 0.340 e. The molecule has 1 unspecified atom stereocenters. The van der Waals surface area contributed by atoms with Crippen molar-refractivity contribution in [1.29, 1.82) is 10.5 Å². The van der Waals surface area contributed by atoms with Crippen molar-refractivity contribution in [2.75, 3.05) is 23.4 Å². The topological polar surface area (TPSA) is 175 Å². The van der Waals surface area contributed by atoms with E-state index in [2.05, 4.69) is 20.6 Å². The lowest BCUT2D eigenvalue weighted by Crippen LogP contribution is -2.33. The van der Waals surface area contributed by atoms with E-state index in [0.29, 0.717) is 11.1 Å². The second-order valence-corrected chi connectivity index (χ2v) is 6.23. The van der Waals surface area contributed by atoms with Gasteiger partial charge in [0, 0.05) is 5.56 Å². The molecule has 2 aromatic rings. The summed E-state index contributed by atoms with van der Waals surface area (Å²) >= 11 is 6.28. The summed E-state index contributed by atoms with van der Waals surface area (Å²) in [5, 5.41) is 23.7. The van der Waals surface area contributed by atoms with Crippen molar-refractivity contribution in [2.45, 2.75) is 13.0 Å². The molecule has 3 rings (SSSR count). The van der Waals surface area contributed by atoms with E-state index in [1.165, 1.54) is 0 Å². The van der Waals surface area contributed by atoms with E-state index in [9.17, 15) is 10.1 Å². The number of nitrogen functional groups attached to an aromatic ring is 2. The van der Waals surface area contributed by atoms with E-state index >= 15 is 0 Å². The summed E-state index contributed by atoms with van der Waals surface area (Å²) in [7, 11) is 0. The third-order valence-electron chi connectivity index (χ3n) is 4.18. The highest BCUT2D eigenvalue weighted by Crippen LogP contribution is 2.42. The molecule has 1 aliphatic heterocycles. The molecule has 0 bridgehead atoms. The van der Waals surface area contributed by atoms with Crippen LogP contribution in [0.5, 0.6) is 0 Å². The molecular formula is C18H15ClN8O2. The Kier molecular flexibility index (Phi) is 5.39. The second kappa shape index (κ2) is 7.92. The van der Waals surface area contributed by atoms with E-state index in [-0.39, 0.29) is 46.0 Å². The number of nitriles is 2. The summed E-state index contributed by atoms with van der Waals surface area (Å²) in [6, 6.07) is 5.83. The molecule has 146 valence electrons. The molecule has 0 saturated carbocycles. The highest BCUT2D eigenvalue weighted by Gasteiger charge is 2.33. The predicted octanol–water partition coefficient (Wildman–Crippen LogP) is 1.89. The Morgan fingerprint density at radius 2 is 2.17 bits per heavy atom. The monoisotopic (exact) mass is 410 g/mol. The molecule has 1 aromatic carbocycles. The number of aromatic nitrogens is 1. The van der Waals surface area contributed by atoms with Crippen LogP contribution in [-0.2, 0) is 4.74 Å². The number of guanidine groups is 1. The first kappa shape index (κ1) is 19.7. The fourth-order valence-electron chi connectivity index (χ4n) is 2.99. The van der Waals surface area contributed by atoms with E-state index in [4.69, 9.17) is 33.1 Å². The number of nitrogens with two attached hydrogens (primary N) is 2. The number of carbonyl (C=O) groups is 1. The summed E-state index contributed by atoms with van der Waals surface area (Å²) in [6.07, 6.45) is 1.76. The summed E-state index contributed by atoms with van der Waals surface area (Å²) in [4.78, 5) is 21.2. The molecule has 0 spiro atoms. The van der Waals surface area contributed by atoms with Crippen molar-refractivity contribution in [3.63, 3.8) is 0 Å². The Morgan fingerprint density at radius 3 is 2.83 bits per heavy atom. The fourth-order valence-corrected chi connectivity index (χ4v) is 3.25. The molecule has 1 aliphatic rings. The quantitative estimate of drug-likeness (QED) is 0.334. The molecule has 29 heavy (non-hydrogen) atoms. The average Bonchev–Trinajstić information content (AvgIpc) is 2.67. The number of benzene rings is 1. The summed E-state index contributed by atoms with van der Waals surface area (Å²) in [6.45, 7) is 1.82. The van der Waals surface area contributed by atoms with Crippen molar-refractivity contribution in [2.24, 2.45) is 4.99 Å². The maximum absolute atomic E-state index is 12.6.